The topological polar surface area (TPSA) is 0 Å². The van der Waals surface area contributed by atoms with Crippen molar-refractivity contribution in [3.8, 4) is 0 Å². The summed E-state index contributed by atoms with van der Waals surface area (Å²) in [6.07, 6.45) is 19.2. The number of hydrogen-bond acceptors (Lipinski definition) is 0. The third-order valence-corrected chi connectivity index (χ3v) is 7.46. The van der Waals surface area contributed by atoms with Gasteiger partial charge in [-0.1, -0.05) is 159 Å². The van der Waals surface area contributed by atoms with Crippen molar-refractivity contribution in [2.75, 3.05) is 0 Å². The Morgan fingerprint density at radius 2 is 0.500 bits per heavy atom. The van der Waals surface area contributed by atoms with Crippen molar-refractivity contribution in [3.63, 3.8) is 0 Å². The van der Waals surface area contributed by atoms with Crippen molar-refractivity contribution < 1.29 is 0 Å². The van der Waals surface area contributed by atoms with E-state index in [1.165, 1.54) is 89.9 Å². The molecule has 0 atom stereocenters. The van der Waals surface area contributed by atoms with Gasteiger partial charge in [-0.3, -0.25) is 0 Å². The first kappa shape index (κ1) is 30.7. The van der Waals surface area contributed by atoms with E-state index in [0.717, 1.165) is 0 Å². The van der Waals surface area contributed by atoms with E-state index in [4.69, 9.17) is 0 Å². The lowest BCUT2D eigenvalue weighted by atomic mass is 9.78. The second-order valence-electron chi connectivity index (χ2n) is 8.24. The normalized spacial score (nSPS) is 11.3. The third kappa shape index (κ3) is 15.1. The molecule has 0 spiro atoms. The van der Waals surface area contributed by atoms with Gasteiger partial charge in [-0.15, -0.1) is 0 Å². The largest absolute Gasteiger partial charge is 0.0654 e. The summed E-state index contributed by atoms with van der Waals surface area (Å²) in [7, 11) is 0. The molecule has 0 unspecified atom stereocenters. The van der Waals surface area contributed by atoms with E-state index in [0.29, 0.717) is 10.8 Å². The van der Waals surface area contributed by atoms with Crippen molar-refractivity contribution in [2.45, 2.75) is 159 Å². The SMILES string of the molecule is CCC(CC)(CC)CC.CCC(CC)(CC)CC.CCCCCCCC. The van der Waals surface area contributed by atoms with Crippen LogP contribution in [0.4, 0.5) is 0 Å². The monoisotopic (exact) mass is 370 g/mol. The van der Waals surface area contributed by atoms with Gasteiger partial charge < -0.3 is 0 Å². The van der Waals surface area contributed by atoms with E-state index in [1.807, 2.05) is 0 Å². The molecule has 0 saturated carbocycles. The van der Waals surface area contributed by atoms with E-state index in [-0.39, 0.29) is 0 Å². The zero-order valence-corrected chi connectivity index (χ0v) is 20.9. The molecule has 0 fully saturated rings. The van der Waals surface area contributed by atoms with E-state index in [1.54, 1.807) is 0 Å². The van der Waals surface area contributed by atoms with Crippen LogP contribution in [0.5, 0.6) is 0 Å². The maximum Gasteiger partial charge on any atom is -0.0308 e. The average Bonchev–Trinajstić information content (AvgIpc) is 2.71. The van der Waals surface area contributed by atoms with Crippen LogP contribution in [0.3, 0.4) is 0 Å². The second kappa shape index (κ2) is 21.3. The second-order valence-corrected chi connectivity index (χ2v) is 8.24. The molecule has 0 saturated heterocycles. The van der Waals surface area contributed by atoms with Gasteiger partial charge in [-0.25, -0.2) is 0 Å². The minimum atomic E-state index is 0.667. The van der Waals surface area contributed by atoms with Gasteiger partial charge in [0.15, 0.2) is 0 Å². The third-order valence-electron chi connectivity index (χ3n) is 7.46. The molecular formula is C26H58. The van der Waals surface area contributed by atoms with Crippen LogP contribution in [0, 0.1) is 10.8 Å². The van der Waals surface area contributed by atoms with Crippen LogP contribution in [0.15, 0.2) is 0 Å². The Hall–Kier alpha value is 0. The first-order valence-corrected chi connectivity index (χ1v) is 12.4. The number of hydrogen-bond donors (Lipinski definition) is 0. The maximum absolute atomic E-state index is 2.30. The molecule has 0 aromatic carbocycles. The summed E-state index contributed by atoms with van der Waals surface area (Å²) < 4.78 is 0. The van der Waals surface area contributed by atoms with Crippen molar-refractivity contribution in [1.29, 1.82) is 0 Å². The van der Waals surface area contributed by atoms with Crippen molar-refractivity contribution in [3.05, 3.63) is 0 Å². The van der Waals surface area contributed by atoms with Crippen LogP contribution in [0.2, 0.25) is 0 Å². The van der Waals surface area contributed by atoms with Gasteiger partial charge in [-0.05, 0) is 10.8 Å². The summed E-state index contributed by atoms with van der Waals surface area (Å²) in [5, 5.41) is 0. The van der Waals surface area contributed by atoms with Gasteiger partial charge in [0, 0.05) is 0 Å². The van der Waals surface area contributed by atoms with E-state index in [9.17, 15) is 0 Å². The Balaban J connectivity index is -0.000000306. The Labute approximate surface area is 170 Å². The van der Waals surface area contributed by atoms with Gasteiger partial charge in [0.05, 0.1) is 0 Å². The highest BCUT2D eigenvalue weighted by molar-refractivity contribution is 4.72. The summed E-state index contributed by atoms with van der Waals surface area (Å²) >= 11 is 0. The minimum Gasteiger partial charge on any atom is -0.0654 e. The van der Waals surface area contributed by atoms with Crippen LogP contribution in [0.25, 0.3) is 0 Å². The Morgan fingerprint density at radius 1 is 0.308 bits per heavy atom. The van der Waals surface area contributed by atoms with Crippen molar-refractivity contribution in [1.82, 2.24) is 0 Å². The predicted octanol–water partition coefficient (Wildman–Crippen LogP) is 10.6. The lowest BCUT2D eigenvalue weighted by molar-refractivity contribution is 0.240. The average molecular weight is 371 g/mol. The van der Waals surface area contributed by atoms with Crippen LogP contribution in [-0.4, -0.2) is 0 Å². The van der Waals surface area contributed by atoms with Crippen LogP contribution in [-0.2, 0) is 0 Å². The van der Waals surface area contributed by atoms with Crippen LogP contribution in [0.1, 0.15) is 159 Å². The fraction of sp³-hybridized carbons (Fsp3) is 1.00. The van der Waals surface area contributed by atoms with Gasteiger partial charge in [0.2, 0.25) is 0 Å². The molecule has 0 heterocycles. The first-order valence-electron chi connectivity index (χ1n) is 12.4. The highest BCUT2D eigenvalue weighted by Gasteiger charge is 2.20. The maximum atomic E-state index is 2.30. The highest BCUT2D eigenvalue weighted by Crippen LogP contribution is 2.34. The first-order chi connectivity index (χ1) is 12.4. The van der Waals surface area contributed by atoms with E-state index < -0.39 is 0 Å². The molecule has 0 aliphatic rings. The van der Waals surface area contributed by atoms with Gasteiger partial charge in [0.25, 0.3) is 0 Å². The molecule has 0 aromatic rings. The molecule has 26 heavy (non-hydrogen) atoms. The van der Waals surface area contributed by atoms with E-state index in [2.05, 4.69) is 69.2 Å². The van der Waals surface area contributed by atoms with Gasteiger partial charge in [0.1, 0.15) is 0 Å². The molecule has 0 heteroatoms. The summed E-state index contributed by atoms with van der Waals surface area (Å²) in [6.45, 7) is 22.9. The summed E-state index contributed by atoms with van der Waals surface area (Å²) in [6, 6.07) is 0. The van der Waals surface area contributed by atoms with Crippen LogP contribution < -0.4 is 0 Å². The molecule has 0 aliphatic carbocycles. The lowest BCUT2D eigenvalue weighted by Crippen LogP contribution is -2.15. The molecule has 0 rings (SSSR count). The molecular weight excluding hydrogens is 312 g/mol. The fourth-order valence-corrected chi connectivity index (χ4v) is 3.85. The minimum absolute atomic E-state index is 0.667. The molecule has 0 aromatic heterocycles. The smallest absolute Gasteiger partial charge is 0.0308 e. The van der Waals surface area contributed by atoms with Crippen molar-refractivity contribution in [2.24, 2.45) is 10.8 Å². The Morgan fingerprint density at radius 3 is 0.577 bits per heavy atom. The Bertz CT molecular complexity index is 171. The molecule has 0 N–H and O–H groups in total. The Kier molecular flexibility index (Phi) is 25.2. The van der Waals surface area contributed by atoms with Gasteiger partial charge in [-0.2, -0.15) is 0 Å². The fourth-order valence-electron chi connectivity index (χ4n) is 3.85. The zero-order chi connectivity index (χ0) is 20.9. The molecule has 0 nitrogen and oxygen atoms in total. The lowest BCUT2D eigenvalue weighted by Gasteiger charge is -2.28. The molecule has 162 valence electrons. The summed E-state index contributed by atoms with van der Waals surface area (Å²) in [4.78, 5) is 0. The van der Waals surface area contributed by atoms with Crippen molar-refractivity contribution >= 4 is 0 Å². The molecule has 0 amide bonds. The quantitative estimate of drug-likeness (QED) is 0.283. The summed E-state index contributed by atoms with van der Waals surface area (Å²) in [5.41, 5.74) is 1.33. The summed E-state index contributed by atoms with van der Waals surface area (Å²) in [5.74, 6) is 0. The standard InChI is InChI=1S/2C9H20.C8H18/c2*1-5-9(6-2,7-3)8-4;1-3-5-7-8-6-4-2/h2*5-8H2,1-4H3;3-8H2,1-2H3. The zero-order valence-electron chi connectivity index (χ0n) is 20.9. The predicted molar refractivity (Wildman–Crippen MR) is 126 cm³/mol. The van der Waals surface area contributed by atoms with Gasteiger partial charge >= 0.3 is 0 Å². The molecule has 0 aliphatic heterocycles. The van der Waals surface area contributed by atoms with E-state index >= 15 is 0 Å². The molecule has 0 radical (unpaired) electrons. The number of unbranched alkanes of at least 4 members (excludes halogenated alkanes) is 5. The highest BCUT2D eigenvalue weighted by atomic mass is 14.3. The number of rotatable bonds is 13. The van der Waals surface area contributed by atoms with Crippen LogP contribution >= 0.6 is 0 Å². The molecule has 0 bridgehead atoms.